The van der Waals surface area contributed by atoms with Crippen LogP contribution in [0.4, 0.5) is 0 Å². The van der Waals surface area contributed by atoms with Gasteiger partial charge in [0.1, 0.15) is 0 Å². The van der Waals surface area contributed by atoms with Gasteiger partial charge in [0.05, 0.1) is 0 Å². The largest absolute Gasteiger partial charge is 0.344 e. The summed E-state index contributed by atoms with van der Waals surface area (Å²) in [5.41, 5.74) is 0.422. The molecular formula is C7H10O5P2. The first kappa shape index (κ1) is 11.6. The minimum atomic E-state index is -3.21. The topological polar surface area (TPSA) is 83.8 Å². The molecule has 0 aliphatic heterocycles. The van der Waals surface area contributed by atoms with Crippen LogP contribution in [0.1, 0.15) is 11.4 Å². The van der Waals surface area contributed by atoms with Gasteiger partial charge in [0.2, 0.25) is 8.03 Å². The third-order valence-corrected chi connectivity index (χ3v) is 3.12. The van der Waals surface area contributed by atoms with Crippen LogP contribution in [0.2, 0.25) is 0 Å². The Morgan fingerprint density at radius 1 is 1.14 bits per heavy atom. The first-order valence-corrected chi connectivity index (χ1v) is 6.48. The third-order valence-electron chi connectivity index (χ3n) is 1.55. The molecule has 1 aromatic rings. The number of hydrogen-bond donors (Lipinski definition) is 2. The standard InChI is InChI=1S/C7H10O5P2/c8-13(9)7(12-14(10)11)6-4-2-1-3-5-6/h1-5,7,13-14H,(H,8,9)(H,10,11). The second kappa shape index (κ2) is 5.44. The maximum Gasteiger partial charge on any atom is 0.317 e. The molecule has 1 aromatic carbocycles. The summed E-state index contributed by atoms with van der Waals surface area (Å²) >= 11 is 0. The number of benzene rings is 1. The molecule has 3 unspecified atom stereocenters. The smallest absolute Gasteiger partial charge is 0.317 e. The Balaban J connectivity index is 2.89. The lowest BCUT2D eigenvalue weighted by Crippen LogP contribution is -1.94. The third kappa shape index (κ3) is 3.37. The average Bonchev–Trinajstić information content (AvgIpc) is 2.15. The van der Waals surface area contributed by atoms with Crippen LogP contribution in [0.25, 0.3) is 0 Å². The van der Waals surface area contributed by atoms with E-state index in [1.165, 1.54) is 0 Å². The van der Waals surface area contributed by atoms with E-state index in [4.69, 9.17) is 9.79 Å². The summed E-state index contributed by atoms with van der Waals surface area (Å²) in [4.78, 5) is 17.4. The highest BCUT2D eigenvalue weighted by molar-refractivity contribution is 7.39. The van der Waals surface area contributed by atoms with Crippen molar-refractivity contribution in [3.63, 3.8) is 0 Å². The molecule has 0 fully saturated rings. The minimum Gasteiger partial charge on any atom is -0.344 e. The minimum absolute atomic E-state index is 0.422. The molecular weight excluding hydrogens is 226 g/mol. The van der Waals surface area contributed by atoms with Gasteiger partial charge in [-0.2, -0.15) is 0 Å². The molecule has 0 saturated heterocycles. The van der Waals surface area contributed by atoms with Crippen molar-refractivity contribution >= 4 is 16.3 Å². The molecule has 0 spiro atoms. The van der Waals surface area contributed by atoms with Crippen LogP contribution < -0.4 is 0 Å². The van der Waals surface area contributed by atoms with Crippen molar-refractivity contribution in [2.75, 3.05) is 0 Å². The molecule has 78 valence electrons. The Bertz CT molecular complexity index is 339. The van der Waals surface area contributed by atoms with Crippen LogP contribution in [-0.2, 0) is 13.7 Å². The Morgan fingerprint density at radius 2 is 1.71 bits per heavy atom. The summed E-state index contributed by atoms with van der Waals surface area (Å²) in [5, 5.41) is 0. The van der Waals surface area contributed by atoms with Crippen molar-refractivity contribution in [1.29, 1.82) is 0 Å². The van der Waals surface area contributed by atoms with Gasteiger partial charge in [0.25, 0.3) is 0 Å². The van der Waals surface area contributed by atoms with E-state index in [1.54, 1.807) is 30.3 Å². The highest BCUT2D eigenvalue weighted by atomic mass is 31.1. The van der Waals surface area contributed by atoms with Crippen molar-refractivity contribution in [3.8, 4) is 0 Å². The number of hydrogen-bond acceptors (Lipinski definition) is 3. The molecule has 0 aliphatic carbocycles. The summed E-state index contributed by atoms with van der Waals surface area (Å²) in [6, 6.07) is 8.18. The van der Waals surface area contributed by atoms with Gasteiger partial charge in [0, 0.05) is 0 Å². The van der Waals surface area contributed by atoms with E-state index in [-0.39, 0.29) is 0 Å². The molecule has 0 saturated carbocycles. The summed E-state index contributed by atoms with van der Waals surface area (Å²) in [7, 11) is -6.24. The Hall–Kier alpha value is -0.440. The second-order valence-electron chi connectivity index (χ2n) is 2.51. The zero-order valence-corrected chi connectivity index (χ0v) is 9.08. The summed E-state index contributed by atoms with van der Waals surface area (Å²) < 4.78 is 25.8. The monoisotopic (exact) mass is 236 g/mol. The fraction of sp³-hybridized carbons (Fsp3) is 0.143. The molecule has 14 heavy (non-hydrogen) atoms. The van der Waals surface area contributed by atoms with Crippen LogP contribution in [-0.4, -0.2) is 9.79 Å². The van der Waals surface area contributed by atoms with Gasteiger partial charge in [-0.25, -0.2) is 0 Å². The molecule has 0 heterocycles. The molecule has 5 nitrogen and oxygen atoms in total. The quantitative estimate of drug-likeness (QED) is 0.775. The molecule has 0 bridgehead atoms. The molecule has 0 aliphatic rings. The molecule has 7 heteroatoms. The summed E-state index contributed by atoms with van der Waals surface area (Å²) in [6.45, 7) is 0. The lowest BCUT2D eigenvalue weighted by Gasteiger charge is -2.12. The fourth-order valence-electron chi connectivity index (χ4n) is 0.990. The van der Waals surface area contributed by atoms with Gasteiger partial charge in [-0.3, -0.25) is 13.7 Å². The Morgan fingerprint density at radius 3 is 2.14 bits per heavy atom. The maximum absolute atomic E-state index is 10.9. The molecule has 1 rings (SSSR count). The van der Waals surface area contributed by atoms with Crippen molar-refractivity contribution < 1.29 is 23.4 Å². The highest BCUT2D eigenvalue weighted by Crippen LogP contribution is 2.43. The molecule has 0 aromatic heterocycles. The molecule has 0 amide bonds. The van der Waals surface area contributed by atoms with Crippen LogP contribution in [0.5, 0.6) is 0 Å². The van der Waals surface area contributed by atoms with E-state index in [2.05, 4.69) is 4.52 Å². The van der Waals surface area contributed by atoms with E-state index in [1.807, 2.05) is 0 Å². The van der Waals surface area contributed by atoms with Gasteiger partial charge >= 0.3 is 8.25 Å². The van der Waals surface area contributed by atoms with E-state index in [0.717, 1.165) is 0 Å². The summed E-state index contributed by atoms with van der Waals surface area (Å²) in [5.74, 6) is -1.20. The average molecular weight is 236 g/mol. The van der Waals surface area contributed by atoms with Crippen molar-refractivity contribution in [1.82, 2.24) is 0 Å². The normalized spacial score (nSPS) is 17.3. The molecule has 3 atom stereocenters. The first-order chi connectivity index (χ1) is 6.61. The Kier molecular flexibility index (Phi) is 4.52. The zero-order valence-electron chi connectivity index (χ0n) is 7.08. The van der Waals surface area contributed by atoms with Crippen LogP contribution >= 0.6 is 16.3 Å². The van der Waals surface area contributed by atoms with Crippen molar-refractivity contribution in [3.05, 3.63) is 35.9 Å². The highest BCUT2D eigenvalue weighted by Gasteiger charge is 2.19. The lowest BCUT2D eigenvalue weighted by atomic mass is 10.2. The first-order valence-electron chi connectivity index (χ1n) is 3.78. The number of rotatable bonds is 4. The second-order valence-corrected chi connectivity index (χ2v) is 4.48. The zero-order chi connectivity index (χ0) is 10.6. The fourth-order valence-corrected chi connectivity index (χ4v) is 2.51. The van der Waals surface area contributed by atoms with Gasteiger partial charge < -0.3 is 9.79 Å². The molecule has 0 radical (unpaired) electrons. The summed E-state index contributed by atoms with van der Waals surface area (Å²) in [6.07, 6.45) is 0. The van der Waals surface area contributed by atoms with Crippen LogP contribution in [0.15, 0.2) is 30.3 Å². The van der Waals surface area contributed by atoms with E-state index >= 15 is 0 Å². The van der Waals surface area contributed by atoms with Crippen molar-refractivity contribution in [2.45, 2.75) is 5.85 Å². The van der Waals surface area contributed by atoms with E-state index < -0.39 is 22.1 Å². The predicted molar refractivity (Wildman–Crippen MR) is 52.7 cm³/mol. The van der Waals surface area contributed by atoms with Crippen LogP contribution in [0, 0.1) is 0 Å². The Labute approximate surface area is 82.2 Å². The van der Waals surface area contributed by atoms with Gasteiger partial charge in [0.15, 0.2) is 5.85 Å². The van der Waals surface area contributed by atoms with Gasteiger partial charge in [-0.05, 0) is 5.56 Å². The molecule has 2 N–H and O–H groups in total. The SMILES string of the molecule is O=[PH](O)OC(c1ccccc1)[PH](=O)O. The maximum atomic E-state index is 10.9. The lowest BCUT2D eigenvalue weighted by molar-refractivity contribution is 0.243. The predicted octanol–water partition coefficient (Wildman–Crippen LogP) is 1.55. The van der Waals surface area contributed by atoms with Crippen LogP contribution in [0.3, 0.4) is 0 Å². The van der Waals surface area contributed by atoms with Gasteiger partial charge in [-0.1, -0.05) is 30.3 Å². The van der Waals surface area contributed by atoms with Crippen molar-refractivity contribution in [2.24, 2.45) is 0 Å². The van der Waals surface area contributed by atoms with Gasteiger partial charge in [-0.15, -0.1) is 0 Å². The van der Waals surface area contributed by atoms with E-state index in [0.29, 0.717) is 5.56 Å². The van der Waals surface area contributed by atoms with E-state index in [9.17, 15) is 9.13 Å².